The molecule has 2 heterocycles. The van der Waals surface area contributed by atoms with Crippen LogP contribution in [0.4, 0.5) is 10.1 Å². The van der Waals surface area contributed by atoms with Crippen molar-refractivity contribution in [2.24, 2.45) is 10.8 Å². The van der Waals surface area contributed by atoms with Gasteiger partial charge in [0.05, 0.1) is 12.8 Å². The van der Waals surface area contributed by atoms with Crippen molar-refractivity contribution in [1.29, 1.82) is 0 Å². The van der Waals surface area contributed by atoms with E-state index in [1.165, 1.54) is 0 Å². The summed E-state index contributed by atoms with van der Waals surface area (Å²) in [5.74, 6) is 2.90. The first-order valence-corrected chi connectivity index (χ1v) is 15.3. The number of halogens is 1. The monoisotopic (exact) mass is 560 g/mol. The van der Waals surface area contributed by atoms with Crippen molar-refractivity contribution in [2.45, 2.75) is 101 Å². The third-order valence-corrected chi connectivity index (χ3v) is 10.8. The van der Waals surface area contributed by atoms with Crippen molar-refractivity contribution in [3.8, 4) is 17.4 Å². The van der Waals surface area contributed by atoms with Crippen molar-refractivity contribution in [2.75, 3.05) is 18.1 Å². The number of carbonyl (C=O) groups is 1. The maximum absolute atomic E-state index is 14.3. The van der Waals surface area contributed by atoms with Crippen LogP contribution in [0.25, 0.3) is 11.3 Å². The van der Waals surface area contributed by atoms with E-state index < -0.39 is 5.67 Å². The number of amides is 1. The number of benzene rings is 1. The predicted molar refractivity (Wildman–Crippen MR) is 148 cm³/mol. The number of nitrogens with zero attached hydrogens (tertiary/aromatic N) is 4. The highest BCUT2D eigenvalue weighted by Gasteiger charge is 2.69. The first kappa shape index (κ1) is 25.5. The summed E-state index contributed by atoms with van der Waals surface area (Å²) in [6.45, 7) is 3.03. The molecule has 0 spiro atoms. The molecule has 216 valence electrons. The highest BCUT2D eigenvalue weighted by molar-refractivity contribution is 5.95. The van der Waals surface area contributed by atoms with E-state index in [9.17, 15) is 9.18 Å². The lowest BCUT2D eigenvalue weighted by Gasteiger charge is -2.66. The number of fused-ring (bicyclic) bond motifs is 3. The standard InChI is InChI=1S/C32H37FN4O4/c1-2-39-28-34-16-24(40-28)22-4-3-5-23(14-22)37(25(38)15-30-17-32(33,18-30)19-30)20-29-8-11-31(12-9-29,13-10-29)27-35-26(36-41-27)21-6-7-21/h3-5,14,16,21H,2,6-13,15,17-20H2,1H3. The summed E-state index contributed by atoms with van der Waals surface area (Å²) in [4.78, 5) is 25.1. The van der Waals surface area contributed by atoms with Crippen molar-refractivity contribution in [3.63, 3.8) is 0 Å². The van der Waals surface area contributed by atoms with E-state index in [0.29, 0.717) is 50.5 Å². The van der Waals surface area contributed by atoms with Crippen LogP contribution in [0.1, 0.15) is 102 Å². The third-order valence-electron chi connectivity index (χ3n) is 10.8. The number of alkyl halides is 1. The first-order chi connectivity index (χ1) is 19.8. The van der Waals surface area contributed by atoms with E-state index in [1.54, 1.807) is 6.20 Å². The van der Waals surface area contributed by atoms with Crippen LogP contribution in [0.15, 0.2) is 39.4 Å². The number of hydrogen-bond acceptors (Lipinski definition) is 7. The highest BCUT2D eigenvalue weighted by atomic mass is 19.1. The van der Waals surface area contributed by atoms with Crippen LogP contribution in [0.2, 0.25) is 0 Å². The number of hydrogen-bond donors (Lipinski definition) is 0. The quantitative estimate of drug-likeness (QED) is 0.266. The molecule has 0 radical (unpaired) electrons. The Morgan fingerprint density at radius 1 is 1.10 bits per heavy atom. The molecule has 7 saturated carbocycles. The average molecular weight is 561 g/mol. The molecule has 0 atom stereocenters. The Hall–Kier alpha value is -3.23. The van der Waals surface area contributed by atoms with Gasteiger partial charge in [-0.3, -0.25) is 4.79 Å². The van der Waals surface area contributed by atoms with Crippen molar-refractivity contribution >= 4 is 11.6 Å². The van der Waals surface area contributed by atoms with E-state index in [0.717, 1.165) is 74.3 Å². The Morgan fingerprint density at radius 3 is 2.54 bits per heavy atom. The fourth-order valence-corrected chi connectivity index (χ4v) is 8.31. The first-order valence-electron chi connectivity index (χ1n) is 15.3. The molecular formula is C32H37FN4O4. The van der Waals surface area contributed by atoms with Crippen LogP contribution in [0.5, 0.6) is 6.08 Å². The fourth-order valence-electron chi connectivity index (χ4n) is 8.31. The number of rotatable bonds is 10. The summed E-state index contributed by atoms with van der Waals surface area (Å²) in [6.07, 6.45) is 12.3. The lowest BCUT2D eigenvalue weighted by atomic mass is 9.41. The molecule has 8 nitrogen and oxygen atoms in total. The molecule has 4 bridgehead atoms. The Labute approximate surface area is 239 Å². The third kappa shape index (κ3) is 4.29. The summed E-state index contributed by atoms with van der Waals surface area (Å²) in [6, 6.07) is 7.94. The minimum absolute atomic E-state index is 0.0253. The molecule has 1 amide bonds. The molecule has 1 aromatic carbocycles. The molecule has 10 rings (SSSR count). The van der Waals surface area contributed by atoms with Crippen molar-refractivity contribution < 1.29 is 22.9 Å². The van der Waals surface area contributed by atoms with E-state index in [-0.39, 0.29) is 28.2 Å². The minimum Gasteiger partial charge on any atom is -0.450 e. The second kappa shape index (κ2) is 8.88. The van der Waals surface area contributed by atoms with E-state index in [1.807, 2.05) is 36.1 Å². The van der Waals surface area contributed by atoms with Crippen LogP contribution < -0.4 is 9.64 Å². The largest absolute Gasteiger partial charge is 0.450 e. The molecule has 0 N–H and O–H groups in total. The zero-order valence-corrected chi connectivity index (χ0v) is 23.7. The van der Waals surface area contributed by atoms with Crippen LogP contribution in [-0.4, -0.2) is 39.9 Å². The van der Waals surface area contributed by atoms with Gasteiger partial charge in [-0.05, 0) is 101 Å². The molecular weight excluding hydrogens is 523 g/mol. The van der Waals surface area contributed by atoms with Gasteiger partial charge in [-0.15, -0.1) is 0 Å². The van der Waals surface area contributed by atoms with Gasteiger partial charge in [-0.25, -0.2) is 4.39 Å². The van der Waals surface area contributed by atoms with E-state index in [2.05, 4.69) is 10.1 Å². The molecule has 0 saturated heterocycles. The summed E-state index contributed by atoms with van der Waals surface area (Å²) < 4.78 is 31.4. The maximum Gasteiger partial charge on any atom is 0.394 e. The Bertz CT molecular complexity index is 1450. The van der Waals surface area contributed by atoms with Gasteiger partial charge >= 0.3 is 6.08 Å². The Morgan fingerprint density at radius 2 is 1.85 bits per heavy atom. The van der Waals surface area contributed by atoms with Crippen LogP contribution >= 0.6 is 0 Å². The van der Waals surface area contributed by atoms with Crippen molar-refractivity contribution in [1.82, 2.24) is 15.1 Å². The van der Waals surface area contributed by atoms with Gasteiger partial charge in [0.2, 0.25) is 11.8 Å². The number of aromatic nitrogens is 3. The highest BCUT2D eigenvalue weighted by Crippen LogP contribution is 2.71. The second-order valence-electron chi connectivity index (χ2n) is 13.8. The molecule has 9 heteroatoms. The molecule has 0 unspecified atom stereocenters. The van der Waals surface area contributed by atoms with Crippen LogP contribution in [0, 0.1) is 10.8 Å². The summed E-state index contributed by atoms with van der Waals surface area (Å²) in [5.41, 5.74) is 0.551. The van der Waals surface area contributed by atoms with Gasteiger partial charge in [0, 0.05) is 35.5 Å². The molecule has 7 aliphatic carbocycles. The molecule has 3 aromatic rings. The van der Waals surface area contributed by atoms with Gasteiger partial charge in [0.15, 0.2) is 11.6 Å². The van der Waals surface area contributed by atoms with Gasteiger partial charge in [0.25, 0.3) is 0 Å². The van der Waals surface area contributed by atoms with Gasteiger partial charge < -0.3 is 18.6 Å². The molecule has 7 fully saturated rings. The maximum atomic E-state index is 14.3. The fraction of sp³-hybridized carbons (Fsp3) is 0.625. The van der Waals surface area contributed by atoms with Crippen LogP contribution in [-0.2, 0) is 10.2 Å². The zero-order chi connectivity index (χ0) is 27.9. The lowest BCUT2D eigenvalue weighted by Crippen LogP contribution is -2.65. The van der Waals surface area contributed by atoms with Gasteiger partial charge in [-0.1, -0.05) is 17.3 Å². The zero-order valence-electron chi connectivity index (χ0n) is 23.7. The van der Waals surface area contributed by atoms with Gasteiger partial charge in [-0.2, -0.15) is 9.97 Å². The topological polar surface area (TPSA) is 94.5 Å². The number of oxazole rings is 1. The average Bonchev–Trinajstić information content (AvgIpc) is 3.48. The van der Waals surface area contributed by atoms with Gasteiger partial charge in [0.1, 0.15) is 5.67 Å². The number of anilines is 1. The SMILES string of the molecule is CCOc1ncc(-c2cccc(N(CC34CCC(c5nc(C6CC6)no5)(CC3)CC4)C(=O)CC34CC(F)(C3)C4)c2)o1. The summed E-state index contributed by atoms with van der Waals surface area (Å²) >= 11 is 0. The normalized spacial score (nSPS) is 33.2. The molecule has 41 heavy (non-hydrogen) atoms. The van der Waals surface area contributed by atoms with Crippen molar-refractivity contribution in [3.05, 3.63) is 42.2 Å². The number of carbonyl (C=O) groups excluding carboxylic acids is 1. The van der Waals surface area contributed by atoms with E-state index in [4.69, 9.17) is 18.7 Å². The molecule has 2 aromatic heterocycles. The number of ether oxygens (including phenoxy) is 1. The predicted octanol–water partition coefficient (Wildman–Crippen LogP) is 6.91. The smallest absolute Gasteiger partial charge is 0.394 e. The molecule has 0 aliphatic heterocycles. The Balaban J connectivity index is 1.04. The summed E-state index contributed by atoms with van der Waals surface area (Å²) in [7, 11) is 0. The minimum atomic E-state index is -1.02. The molecule has 7 aliphatic rings. The van der Waals surface area contributed by atoms with Crippen LogP contribution in [0.3, 0.4) is 0 Å². The van der Waals surface area contributed by atoms with E-state index >= 15 is 0 Å². The Kier molecular flexibility index (Phi) is 5.52. The summed E-state index contributed by atoms with van der Waals surface area (Å²) in [5, 5.41) is 4.31. The second-order valence-corrected chi connectivity index (χ2v) is 13.8. The lowest BCUT2D eigenvalue weighted by molar-refractivity contribution is -0.215.